The molecular weight excluding hydrogens is 412 g/mol. The fourth-order valence-electron chi connectivity index (χ4n) is 4.70. The van der Waals surface area contributed by atoms with Crippen molar-refractivity contribution < 1.29 is 14.2 Å². The van der Waals surface area contributed by atoms with E-state index in [0.717, 1.165) is 48.3 Å². The minimum atomic E-state index is -0.461. The van der Waals surface area contributed by atoms with Gasteiger partial charge in [0.05, 0.1) is 30.3 Å². The zero-order valence-corrected chi connectivity index (χ0v) is 18.7. The lowest BCUT2D eigenvalue weighted by Gasteiger charge is -2.41. The lowest BCUT2D eigenvalue weighted by atomic mass is 9.79. The maximum atomic E-state index is 6.14. The van der Waals surface area contributed by atoms with Crippen molar-refractivity contribution in [3.63, 3.8) is 0 Å². The molecule has 1 aromatic heterocycles. The number of ether oxygens (including phenoxy) is 3. The molecule has 1 saturated carbocycles. The molecule has 2 aromatic carbocycles. The maximum absolute atomic E-state index is 6.14. The highest BCUT2D eigenvalue weighted by Crippen LogP contribution is 2.47. The molecule has 1 saturated heterocycles. The number of hydrogen-bond acceptors (Lipinski definition) is 4. The molecule has 5 nitrogen and oxygen atoms in total. The van der Waals surface area contributed by atoms with Gasteiger partial charge in [-0.3, -0.25) is 0 Å². The average Bonchev–Trinajstić information content (AvgIpc) is 3.44. The molecule has 162 valence electrons. The number of aryl methyl sites for hydroxylation is 1. The summed E-state index contributed by atoms with van der Waals surface area (Å²) in [6, 6.07) is 18.5. The van der Waals surface area contributed by atoms with Crippen LogP contribution >= 0.6 is 11.6 Å². The van der Waals surface area contributed by atoms with Crippen LogP contribution in [0.2, 0.25) is 5.02 Å². The number of nitrogens with zero attached hydrogens (tertiary/aromatic N) is 2. The normalized spacial score (nSPS) is 19.7. The summed E-state index contributed by atoms with van der Waals surface area (Å²) in [4.78, 5) is 0. The number of methoxy groups -OCH3 is 1. The Bertz CT molecular complexity index is 980. The second-order valence-corrected chi connectivity index (χ2v) is 8.91. The summed E-state index contributed by atoms with van der Waals surface area (Å²) in [5.74, 6) is -0.444. The van der Waals surface area contributed by atoms with E-state index in [1.807, 2.05) is 28.9 Å². The summed E-state index contributed by atoms with van der Waals surface area (Å²) in [7, 11) is 1.78. The van der Waals surface area contributed by atoms with E-state index in [2.05, 4.69) is 37.3 Å². The summed E-state index contributed by atoms with van der Waals surface area (Å²) in [6.07, 6.45) is 3.20. The third-order valence-corrected chi connectivity index (χ3v) is 6.87. The molecule has 5 rings (SSSR count). The van der Waals surface area contributed by atoms with Crippen LogP contribution in [0.5, 0.6) is 0 Å². The second-order valence-electron chi connectivity index (χ2n) is 8.48. The molecule has 1 aliphatic heterocycles. The van der Waals surface area contributed by atoms with Gasteiger partial charge < -0.3 is 14.2 Å². The Morgan fingerprint density at radius 3 is 2.19 bits per heavy atom. The van der Waals surface area contributed by atoms with Gasteiger partial charge in [-0.05, 0) is 50.1 Å². The Morgan fingerprint density at radius 1 is 0.935 bits per heavy atom. The molecule has 2 aliphatic rings. The van der Waals surface area contributed by atoms with E-state index >= 15 is 0 Å². The molecule has 2 heterocycles. The molecule has 31 heavy (non-hydrogen) atoms. The fourth-order valence-corrected chi connectivity index (χ4v) is 4.82. The molecule has 3 aromatic rings. The maximum Gasteiger partial charge on any atom is 0.168 e. The van der Waals surface area contributed by atoms with Crippen LogP contribution in [0.25, 0.3) is 16.9 Å². The molecular formula is C25H27ClN2O3. The molecule has 0 bridgehead atoms. The summed E-state index contributed by atoms with van der Waals surface area (Å²) in [5, 5.41) is 5.76. The van der Waals surface area contributed by atoms with Crippen LogP contribution in [0.4, 0.5) is 0 Å². The standard InChI is InChI=1S/C25H27ClN2O3/c1-18-3-5-19(6-4-18)22-17-23(27-28(22)21-9-7-20(26)8-10-21)24(29-2)11-13-25(14-12-24)30-15-16-31-25/h3-10,17H,11-16H2,1-2H3. The van der Waals surface area contributed by atoms with E-state index < -0.39 is 11.4 Å². The average molecular weight is 439 g/mol. The molecule has 2 fully saturated rings. The highest BCUT2D eigenvalue weighted by atomic mass is 35.5. The number of halogens is 1. The van der Waals surface area contributed by atoms with Crippen LogP contribution in [0.1, 0.15) is 36.9 Å². The van der Waals surface area contributed by atoms with Crippen molar-refractivity contribution in [3.05, 3.63) is 70.9 Å². The highest BCUT2D eigenvalue weighted by molar-refractivity contribution is 6.30. The van der Waals surface area contributed by atoms with Crippen molar-refractivity contribution in [1.82, 2.24) is 9.78 Å². The van der Waals surface area contributed by atoms with Gasteiger partial charge in [0, 0.05) is 30.5 Å². The first-order valence-electron chi connectivity index (χ1n) is 10.8. The van der Waals surface area contributed by atoms with Gasteiger partial charge in [-0.15, -0.1) is 0 Å². The van der Waals surface area contributed by atoms with Gasteiger partial charge in [-0.2, -0.15) is 5.10 Å². The summed E-state index contributed by atoms with van der Waals surface area (Å²) in [5.41, 5.74) is 4.81. The number of rotatable bonds is 4. The quantitative estimate of drug-likeness (QED) is 0.527. The zero-order chi connectivity index (χ0) is 21.5. The first-order chi connectivity index (χ1) is 15.0. The molecule has 0 radical (unpaired) electrons. The minimum Gasteiger partial charge on any atom is -0.372 e. The van der Waals surface area contributed by atoms with E-state index in [4.69, 9.17) is 30.9 Å². The van der Waals surface area contributed by atoms with Gasteiger partial charge in [0.15, 0.2) is 5.79 Å². The van der Waals surface area contributed by atoms with Crippen molar-refractivity contribution in [3.8, 4) is 16.9 Å². The van der Waals surface area contributed by atoms with Crippen LogP contribution in [0, 0.1) is 6.92 Å². The Balaban J connectivity index is 1.56. The van der Waals surface area contributed by atoms with Crippen molar-refractivity contribution in [2.45, 2.75) is 44.0 Å². The van der Waals surface area contributed by atoms with Gasteiger partial charge in [0.25, 0.3) is 0 Å². The van der Waals surface area contributed by atoms with Gasteiger partial charge >= 0.3 is 0 Å². The first-order valence-corrected chi connectivity index (χ1v) is 11.2. The number of hydrogen-bond donors (Lipinski definition) is 0. The SMILES string of the molecule is COC1(c2cc(-c3ccc(C)cc3)n(-c3ccc(Cl)cc3)n2)CCC2(CC1)OCCO2. The van der Waals surface area contributed by atoms with E-state index in [-0.39, 0.29) is 0 Å². The van der Waals surface area contributed by atoms with Gasteiger partial charge in [0.2, 0.25) is 0 Å². The topological polar surface area (TPSA) is 45.5 Å². The van der Waals surface area contributed by atoms with Crippen LogP contribution in [0.15, 0.2) is 54.6 Å². The lowest BCUT2D eigenvalue weighted by molar-refractivity contribution is -0.209. The van der Waals surface area contributed by atoms with Gasteiger partial charge in [-0.25, -0.2) is 4.68 Å². The van der Waals surface area contributed by atoms with Crippen LogP contribution in [-0.2, 0) is 19.8 Å². The molecule has 6 heteroatoms. The molecule has 0 atom stereocenters. The molecule has 1 spiro atoms. The van der Waals surface area contributed by atoms with Crippen molar-refractivity contribution in [2.75, 3.05) is 20.3 Å². The van der Waals surface area contributed by atoms with Gasteiger partial charge in [0.1, 0.15) is 5.60 Å². The third-order valence-electron chi connectivity index (χ3n) is 6.62. The molecule has 0 unspecified atom stereocenters. The van der Waals surface area contributed by atoms with E-state index in [0.29, 0.717) is 18.2 Å². The molecule has 1 aliphatic carbocycles. The smallest absolute Gasteiger partial charge is 0.168 e. The van der Waals surface area contributed by atoms with Crippen LogP contribution < -0.4 is 0 Å². The highest BCUT2D eigenvalue weighted by Gasteiger charge is 2.48. The van der Waals surface area contributed by atoms with Crippen LogP contribution in [-0.4, -0.2) is 35.9 Å². The van der Waals surface area contributed by atoms with E-state index in [9.17, 15) is 0 Å². The summed E-state index contributed by atoms with van der Waals surface area (Å²) < 4.78 is 20.0. The number of benzene rings is 2. The van der Waals surface area contributed by atoms with E-state index in [1.165, 1.54) is 5.56 Å². The van der Waals surface area contributed by atoms with E-state index in [1.54, 1.807) is 7.11 Å². The predicted octanol–water partition coefficient (Wildman–Crippen LogP) is 5.66. The third kappa shape index (κ3) is 3.80. The molecule has 0 N–H and O–H groups in total. The van der Waals surface area contributed by atoms with Gasteiger partial charge in [-0.1, -0.05) is 41.4 Å². The predicted molar refractivity (Wildman–Crippen MR) is 121 cm³/mol. The number of aromatic nitrogens is 2. The van der Waals surface area contributed by atoms with Crippen molar-refractivity contribution in [1.29, 1.82) is 0 Å². The minimum absolute atomic E-state index is 0.444. The van der Waals surface area contributed by atoms with Crippen molar-refractivity contribution >= 4 is 11.6 Å². The Hall–Kier alpha value is -2.18. The summed E-state index contributed by atoms with van der Waals surface area (Å²) in [6.45, 7) is 3.43. The summed E-state index contributed by atoms with van der Waals surface area (Å²) >= 11 is 6.13. The Kier molecular flexibility index (Phi) is 5.39. The largest absolute Gasteiger partial charge is 0.372 e. The lowest BCUT2D eigenvalue weighted by Crippen LogP contribution is -2.43. The first kappa shape index (κ1) is 20.7. The molecule has 0 amide bonds. The van der Waals surface area contributed by atoms with Crippen molar-refractivity contribution in [2.24, 2.45) is 0 Å². The Morgan fingerprint density at radius 2 is 1.58 bits per heavy atom. The Labute approximate surface area is 187 Å². The zero-order valence-electron chi connectivity index (χ0n) is 17.9. The fraction of sp³-hybridized carbons (Fsp3) is 0.400. The van der Waals surface area contributed by atoms with Crippen LogP contribution in [0.3, 0.4) is 0 Å². The monoisotopic (exact) mass is 438 g/mol. The second kappa shape index (κ2) is 8.06.